The molecule has 2 bridgehead atoms. The number of fused-ring (bicyclic) bond motifs is 2. The molecule has 0 aromatic carbocycles. The zero-order valence-corrected chi connectivity index (χ0v) is 7.11. The van der Waals surface area contributed by atoms with Crippen molar-refractivity contribution in [1.82, 2.24) is 0 Å². The smallest absolute Gasteiger partial charge is 0.0704 e. The van der Waals surface area contributed by atoms with Crippen molar-refractivity contribution in [2.45, 2.75) is 24.9 Å². The van der Waals surface area contributed by atoms with E-state index in [-0.39, 0.29) is 25.0 Å². The molecule has 12 heavy (non-hydrogen) atoms. The van der Waals surface area contributed by atoms with Crippen LogP contribution in [-0.4, -0.2) is 34.1 Å². The predicted molar refractivity (Wildman–Crippen MR) is 43.4 cm³/mol. The van der Waals surface area contributed by atoms with Crippen LogP contribution in [-0.2, 0) is 0 Å². The largest absolute Gasteiger partial charge is 0.396 e. The van der Waals surface area contributed by atoms with Crippen LogP contribution in [0, 0.1) is 17.8 Å². The van der Waals surface area contributed by atoms with Gasteiger partial charge in [0.15, 0.2) is 0 Å². The van der Waals surface area contributed by atoms with Crippen LogP contribution in [0.4, 0.5) is 0 Å². The van der Waals surface area contributed by atoms with Crippen molar-refractivity contribution < 1.29 is 15.3 Å². The van der Waals surface area contributed by atoms with Crippen molar-refractivity contribution in [3.8, 4) is 0 Å². The highest BCUT2D eigenvalue weighted by Crippen LogP contribution is 2.54. The summed E-state index contributed by atoms with van der Waals surface area (Å²) in [6.45, 7) is 0.121. The standard InChI is InChI=1S/C9H16O3/c10-4-7-6-1-2-9(12,3-6)8(7)5-11/h6-8,10-12H,1-5H2. The Morgan fingerprint density at radius 2 is 2.00 bits per heavy atom. The molecule has 3 N–H and O–H groups in total. The second-order valence-electron chi connectivity index (χ2n) is 4.24. The van der Waals surface area contributed by atoms with E-state index in [0.717, 1.165) is 19.3 Å². The molecule has 3 heteroatoms. The Morgan fingerprint density at radius 3 is 2.50 bits per heavy atom. The van der Waals surface area contributed by atoms with Gasteiger partial charge in [0.05, 0.1) is 5.60 Å². The van der Waals surface area contributed by atoms with E-state index in [9.17, 15) is 5.11 Å². The molecule has 0 heterocycles. The molecule has 0 spiro atoms. The minimum Gasteiger partial charge on any atom is -0.396 e. The summed E-state index contributed by atoms with van der Waals surface area (Å²) in [5.74, 6) is 0.493. The highest BCUT2D eigenvalue weighted by Gasteiger charge is 2.56. The third kappa shape index (κ3) is 0.934. The van der Waals surface area contributed by atoms with Gasteiger partial charge in [-0.1, -0.05) is 0 Å². The fraction of sp³-hybridized carbons (Fsp3) is 1.00. The SMILES string of the molecule is OCC1C2CCC(O)(C2)C1CO. The molecule has 2 saturated carbocycles. The quantitative estimate of drug-likeness (QED) is 0.538. The normalized spacial score (nSPS) is 51.8. The molecule has 0 aromatic rings. The molecule has 0 saturated heterocycles. The van der Waals surface area contributed by atoms with Crippen LogP contribution in [0.2, 0.25) is 0 Å². The number of rotatable bonds is 2. The monoisotopic (exact) mass is 172 g/mol. The summed E-state index contributed by atoms with van der Waals surface area (Å²) in [4.78, 5) is 0. The molecule has 2 rings (SSSR count). The lowest BCUT2D eigenvalue weighted by Crippen LogP contribution is -2.40. The zero-order valence-electron chi connectivity index (χ0n) is 7.11. The summed E-state index contributed by atoms with van der Waals surface area (Å²) >= 11 is 0. The average molecular weight is 172 g/mol. The van der Waals surface area contributed by atoms with E-state index in [4.69, 9.17) is 10.2 Å². The number of aliphatic hydroxyl groups excluding tert-OH is 2. The Kier molecular flexibility index (Phi) is 1.90. The van der Waals surface area contributed by atoms with Crippen LogP contribution >= 0.6 is 0 Å². The second kappa shape index (κ2) is 2.69. The van der Waals surface area contributed by atoms with Gasteiger partial charge in [-0.3, -0.25) is 0 Å². The fourth-order valence-corrected chi connectivity index (χ4v) is 3.10. The van der Waals surface area contributed by atoms with E-state index < -0.39 is 5.60 Å². The molecule has 0 amide bonds. The van der Waals surface area contributed by atoms with Gasteiger partial charge in [-0.15, -0.1) is 0 Å². The highest BCUT2D eigenvalue weighted by atomic mass is 16.3. The minimum atomic E-state index is -0.660. The maximum atomic E-state index is 10.0. The molecule has 2 aliphatic carbocycles. The lowest BCUT2D eigenvalue weighted by atomic mass is 9.78. The second-order valence-corrected chi connectivity index (χ2v) is 4.24. The number of aliphatic hydroxyl groups is 3. The molecule has 0 aromatic heterocycles. The molecule has 0 radical (unpaired) electrons. The predicted octanol–water partition coefficient (Wildman–Crippen LogP) is -0.252. The number of hydrogen-bond acceptors (Lipinski definition) is 3. The summed E-state index contributed by atoms with van der Waals surface area (Å²) in [5, 5.41) is 28.2. The molecule has 2 aliphatic rings. The van der Waals surface area contributed by atoms with Crippen LogP contribution in [0.25, 0.3) is 0 Å². The van der Waals surface area contributed by atoms with E-state index in [2.05, 4.69) is 0 Å². The first-order valence-electron chi connectivity index (χ1n) is 4.65. The van der Waals surface area contributed by atoms with Gasteiger partial charge in [0, 0.05) is 19.1 Å². The Morgan fingerprint density at radius 1 is 1.25 bits per heavy atom. The van der Waals surface area contributed by atoms with E-state index in [0.29, 0.717) is 5.92 Å². The molecule has 4 atom stereocenters. The molecule has 0 aliphatic heterocycles. The van der Waals surface area contributed by atoms with Crippen LogP contribution in [0.1, 0.15) is 19.3 Å². The van der Waals surface area contributed by atoms with Crippen LogP contribution in [0.5, 0.6) is 0 Å². The number of hydrogen-bond donors (Lipinski definition) is 3. The van der Waals surface area contributed by atoms with Crippen molar-refractivity contribution >= 4 is 0 Å². The zero-order chi connectivity index (χ0) is 8.77. The van der Waals surface area contributed by atoms with Gasteiger partial charge < -0.3 is 15.3 Å². The third-order valence-corrected chi connectivity index (χ3v) is 3.78. The van der Waals surface area contributed by atoms with Gasteiger partial charge >= 0.3 is 0 Å². The lowest BCUT2D eigenvalue weighted by Gasteiger charge is -2.33. The van der Waals surface area contributed by atoms with Crippen molar-refractivity contribution in [3.63, 3.8) is 0 Å². The van der Waals surface area contributed by atoms with Crippen LogP contribution in [0.3, 0.4) is 0 Å². The van der Waals surface area contributed by atoms with E-state index in [1.165, 1.54) is 0 Å². The molecule has 70 valence electrons. The average Bonchev–Trinajstić information content (AvgIpc) is 2.55. The van der Waals surface area contributed by atoms with E-state index in [1.54, 1.807) is 0 Å². The molecule has 3 nitrogen and oxygen atoms in total. The van der Waals surface area contributed by atoms with Gasteiger partial charge in [0.1, 0.15) is 0 Å². The van der Waals surface area contributed by atoms with Crippen LogP contribution in [0.15, 0.2) is 0 Å². The van der Waals surface area contributed by atoms with Crippen molar-refractivity contribution in [2.75, 3.05) is 13.2 Å². The minimum absolute atomic E-state index is 0.0121. The summed E-state index contributed by atoms with van der Waals surface area (Å²) < 4.78 is 0. The van der Waals surface area contributed by atoms with Gasteiger partial charge in [0.2, 0.25) is 0 Å². The van der Waals surface area contributed by atoms with Gasteiger partial charge in [0.25, 0.3) is 0 Å². The maximum Gasteiger partial charge on any atom is 0.0704 e. The molecular weight excluding hydrogens is 156 g/mol. The topological polar surface area (TPSA) is 60.7 Å². The summed E-state index contributed by atoms with van der Waals surface area (Å²) in [6.07, 6.45) is 2.60. The Labute approximate surface area is 72.0 Å². The lowest BCUT2D eigenvalue weighted by molar-refractivity contribution is -0.0482. The molecule has 2 fully saturated rings. The van der Waals surface area contributed by atoms with Gasteiger partial charge in [-0.2, -0.15) is 0 Å². The highest BCUT2D eigenvalue weighted by molar-refractivity contribution is 5.06. The first kappa shape index (κ1) is 8.48. The van der Waals surface area contributed by atoms with Crippen molar-refractivity contribution in [3.05, 3.63) is 0 Å². The Balaban J connectivity index is 2.19. The van der Waals surface area contributed by atoms with E-state index in [1.807, 2.05) is 0 Å². The molecular formula is C9H16O3. The van der Waals surface area contributed by atoms with E-state index >= 15 is 0 Å². The van der Waals surface area contributed by atoms with Crippen molar-refractivity contribution in [2.24, 2.45) is 17.8 Å². The fourth-order valence-electron chi connectivity index (χ4n) is 3.10. The third-order valence-electron chi connectivity index (χ3n) is 3.78. The van der Waals surface area contributed by atoms with Crippen LogP contribution < -0.4 is 0 Å². The first-order valence-corrected chi connectivity index (χ1v) is 4.65. The maximum absolute atomic E-state index is 10.0. The van der Waals surface area contributed by atoms with Gasteiger partial charge in [-0.05, 0) is 31.1 Å². The first-order chi connectivity index (χ1) is 5.71. The van der Waals surface area contributed by atoms with Crippen molar-refractivity contribution in [1.29, 1.82) is 0 Å². The summed E-state index contributed by atoms with van der Waals surface area (Å²) in [6, 6.07) is 0. The Hall–Kier alpha value is -0.120. The molecule has 4 unspecified atom stereocenters. The summed E-state index contributed by atoms with van der Waals surface area (Å²) in [5.41, 5.74) is -0.660. The summed E-state index contributed by atoms with van der Waals surface area (Å²) in [7, 11) is 0. The Bertz CT molecular complexity index is 183. The van der Waals surface area contributed by atoms with Gasteiger partial charge in [-0.25, -0.2) is 0 Å².